The number of aromatic hydroxyl groups is 2. The molecule has 1 aromatic carbocycles. The van der Waals surface area contributed by atoms with Crippen molar-refractivity contribution in [2.24, 2.45) is 0 Å². The highest BCUT2D eigenvalue weighted by atomic mass is 16.6. The van der Waals surface area contributed by atoms with Crippen molar-refractivity contribution in [1.82, 2.24) is 0 Å². The van der Waals surface area contributed by atoms with Crippen molar-refractivity contribution in [2.75, 3.05) is 0 Å². The molecule has 1 rings (SSSR count). The van der Waals surface area contributed by atoms with Gasteiger partial charge in [0.25, 0.3) is 0 Å². The Bertz CT molecular complexity index is 334. The first-order valence-corrected chi connectivity index (χ1v) is 3.19. The molecule has 0 fully saturated rings. The van der Waals surface area contributed by atoms with Crippen molar-refractivity contribution in [3.8, 4) is 11.5 Å². The summed E-state index contributed by atoms with van der Waals surface area (Å²) >= 11 is 0. The number of hydrogen-bond acceptors (Lipinski definition) is 4. The van der Waals surface area contributed by atoms with Crippen LogP contribution in [0.4, 0.5) is 5.69 Å². The van der Waals surface area contributed by atoms with E-state index in [0.29, 0.717) is 0 Å². The number of aryl methyl sites for hydroxylation is 1. The largest absolute Gasteiger partial charge is 0.508 e. The maximum atomic E-state index is 10.3. The molecular formula is C7H7NO4. The summed E-state index contributed by atoms with van der Waals surface area (Å²) in [5.41, 5.74) is -0.200. The summed E-state index contributed by atoms with van der Waals surface area (Å²) in [5.74, 6) is -0.630. The topological polar surface area (TPSA) is 83.6 Å². The third kappa shape index (κ3) is 1.29. The highest BCUT2D eigenvalue weighted by Gasteiger charge is 2.16. The molecule has 0 saturated carbocycles. The van der Waals surface area contributed by atoms with Crippen molar-refractivity contribution in [3.63, 3.8) is 0 Å². The average Bonchev–Trinajstić information content (AvgIpc) is 1.96. The molecule has 0 heterocycles. The maximum Gasteiger partial charge on any atom is 0.314 e. The number of phenols is 2. The third-order valence-electron chi connectivity index (χ3n) is 1.46. The van der Waals surface area contributed by atoms with E-state index in [4.69, 9.17) is 10.2 Å². The molecule has 0 bridgehead atoms. The normalized spacial score (nSPS) is 9.75. The Morgan fingerprint density at radius 1 is 1.42 bits per heavy atom. The Kier molecular flexibility index (Phi) is 1.86. The number of benzene rings is 1. The molecule has 1 aromatic rings. The van der Waals surface area contributed by atoms with E-state index < -0.39 is 16.4 Å². The van der Waals surface area contributed by atoms with Crippen LogP contribution in [0, 0.1) is 17.0 Å². The summed E-state index contributed by atoms with van der Waals surface area (Å²) in [6, 6.07) is 2.16. The smallest absolute Gasteiger partial charge is 0.314 e. The van der Waals surface area contributed by atoms with Crippen LogP contribution in [0.2, 0.25) is 0 Å². The SMILES string of the molecule is Cc1cc(O)cc([N+](=O)[O-])c1O. The second-order valence-electron chi connectivity index (χ2n) is 2.39. The molecule has 0 aromatic heterocycles. The second kappa shape index (κ2) is 2.69. The molecule has 0 amide bonds. The van der Waals surface area contributed by atoms with Crippen LogP contribution in [0.15, 0.2) is 12.1 Å². The molecule has 5 nitrogen and oxygen atoms in total. The van der Waals surface area contributed by atoms with Crippen molar-refractivity contribution < 1.29 is 15.1 Å². The fourth-order valence-corrected chi connectivity index (χ4v) is 0.881. The van der Waals surface area contributed by atoms with Crippen LogP contribution < -0.4 is 0 Å². The summed E-state index contributed by atoms with van der Waals surface area (Å²) in [7, 11) is 0. The third-order valence-corrected chi connectivity index (χ3v) is 1.46. The van der Waals surface area contributed by atoms with Crippen molar-refractivity contribution >= 4 is 5.69 Å². The second-order valence-corrected chi connectivity index (χ2v) is 2.39. The fourth-order valence-electron chi connectivity index (χ4n) is 0.881. The molecule has 0 radical (unpaired) electrons. The first kappa shape index (κ1) is 8.32. The Morgan fingerprint density at radius 2 is 2.00 bits per heavy atom. The predicted molar refractivity (Wildman–Crippen MR) is 41.2 cm³/mol. The predicted octanol–water partition coefficient (Wildman–Crippen LogP) is 1.31. The van der Waals surface area contributed by atoms with Gasteiger partial charge in [0.15, 0.2) is 5.75 Å². The molecule has 0 spiro atoms. The van der Waals surface area contributed by atoms with E-state index in [1.165, 1.54) is 13.0 Å². The molecule has 0 unspecified atom stereocenters. The summed E-state index contributed by atoms with van der Waals surface area (Å²) in [6.07, 6.45) is 0. The number of nitrogens with zero attached hydrogens (tertiary/aromatic N) is 1. The fraction of sp³-hybridized carbons (Fsp3) is 0.143. The van der Waals surface area contributed by atoms with E-state index in [2.05, 4.69) is 0 Å². The van der Waals surface area contributed by atoms with Gasteiger partial charge in [-0.3, -0.25) is 10.1 Å². The zero-order valence-corrected chi connectivity index (χ0v) is 6.31. The van der Waals surface area contributed by atoms with Crippen LogP contribution in [0.3, 0.4) is 0 Å². The van der Waals surface area contributed by atoms with Crippen LogP contribution in [0.1, 0.15) is 5.56 Å². The molecule has 5 heteroatoms. The lowest BCUT2D eigenvalue weighted by Crippen LogP contribution is -1.89. The standard InChI is InChI=1S/C7H7NO4/c1-4-2-5(9)3-6(7(4)10)8(11)12/h2-3,9-10H,1H3. The molecule has 0 saturated heterocycles. The van der Waals surface area contributed by atoms with E-state index >= 15 is 0 Å². The highest BCUT2D eigenvalue weighted by molar-refractivity contribution is 5.54. The van der Waals surface area contributed by atoms with Crippen molar-refractivity contribution in [1.29, 1.82) is 0 Å². The lowest BCUT2D eigenvalue weighted by atomic mass is 10.2. The minimum absolute atomic E-state index is 0.225. The van der Waals surface area contributed by atoms with E-state index in [0.717, 1.165) is 6.07 Å². The van der Waals surface area contributed by atoms with Crippen LogP contribution in [0.5, 0.6) is 11.5 Å². The highest BCUT2D eigenvalue weighted by Crippen LogP contribution is 2.32. The van der Waals surface area contributed by atoms with Gasteiger partial charge in [-0.2, -0.15) is 0 Å². The van der Waals surface area contributed by atoms with Gasteiger partial charge in [0.2, 0.25) is 0 Å². The average molecular weight is 169 g/mol. The van der Waals surface area contributed by atoms with Crippen LogP contribution >= 0.6 is 0 Å². The molecule has 0 atom stereocenters. The van der Waals surface area contributed by atoms with Gasteiger partial charge in [-0.05, 0) is 13.0 Å². The van der Waals surface area contributed by atoms with Gasteiger partial charge in [-0.15, -0.1) is 0 Å². The Balaban J connectivity index is 3.37. The lowest BCUT2D eigenvalue weighted by molar-refractivity contribution is -0.386. The molecule has 64 valence electrons. The zero-order valence-electron chi connectivity index (χ0n) is 6.31. The number of hydrogen-bond donors (Lipinski definition) is 2. The van der Waals surface area contributed by atoms with Gasteiger partial charge < -0.3 is 10.2 Å². The minimum Gasteiger partial charge on any atom is -0.508 e. The first-order valence-electron chi connectivity index (χ1n) is 3.19. The molecule has 2 N–H and O–H groups in total. The molecular weight excluding hydrogens is 162 g/mol. The van der Waals surface area contributed by atoms with E-state index in [1.807, 2.05) is 0 Å². The van der Waals surface area contributed by atoms with E-state index in [1.54, 1.807) is 0 Å². The molecule has 0 aliphatic carbocycles. The maximum absolute atomic E-state index is 10.3. The molecule has 0 aliphatic rings. The van der Waals surface area contributed by atoms with E-state index in [9.17, 15) is 10.1 Å². The number of phenolic OH excluding ortho intramolecular Hbond substituents is 2. The molecule has 12 heavy (non-hydrogen) atoms. The van der Waals surface area contributed by atoms with E-state index in [-0.39, 0.29) is 11.3 Å². The van der Waals surface area contributed by atoms with Gasteiger partial charge in [0.05, 0.1) is 11.0 Å². The number of nitro benzene ring substituents is 1. The lowest BCUT2D eigenvalue weighted by Gasteiger charge is -1.99. The van der Waals surface area contributed by atoms with Crippen molar-refractivity contribution in [2.45, 2.75) is 6.92 Å². The van der Waals surface area contributed by atoms with Crippen LogP contribution in [-0.2, 0) is 0 Å². The Hall–Kier alpha value is -1.78. The van der Waals surface area contributed by atoms with Crippen LogP contribution in [0.25, 0.3) is 0 Å². The minimum atomic E-state index is -0.748. The monoisotopic (exact) mass is 169 g/mol. The number of nitro groups is 1. The summed E-state index contributed by atoms with van der Waals surface area (Å²) < 4.78 is 0. The Morgan fingerprint density at radius 3 is 2.50 bits per heavy atom. The summed E-state index contributed by atoms with van der Waals surface area (Å²) in [6.45, 7) is 1.47. The van der Waals surface area contributed by atoms with Crippen molar-refractivity contribution in [3.05, 3.63) is 27.8 Å². The van der Waals surface area contributed by atoms with Gasteiger partial charge in [0.1, 0.15) is 5.75 Å². The van der Waals surface area contributed by atoms with Gasteiger partial charge in [-0.25, -0.2) is 0 Å². The van der Waals surface area contributed by atoms with Gasteiger partial charge >= 0.3 is 5.69 Å². The Labute approximate surface area is 68.0 Å². The summed E-state index contributed by atoms with van der Waals surface area (Å²) in [4.78, 5) is 9.51. The van der Waals surface area contributed by atoms with Gasteiger partial charge in [0, 0.05) is 5.56 Å². The zero-order chi connectivity index (χ0) is 9.30. The summed E-state index contributed by atoms with van der Waals surface area (Å²) in [5, 5.41) is 28.4. The van der Waals surface area contributed by atoms with Gasteiger partial charge in [-0.1, -0.05) is 0 Å². The first-order chi connectivity index (χ1) is 5.52. The number of rotatable bonds is 1. The molecule has 0 aliphatic heterocycles. The quantitative estimate of drug-likeness (QED) is 0.377. The van der Waals surface area contributed by atoms with Crippen LogP contribution in [-0.4, -0.2) is 15.1 Å².